The maximum Gasteiger partial charge on any atom is 0.261 e. The SMILES string of the molecule is COc1ccc(N(CCC(N)=O)C(=O)Cn2cnc3ccc(Br)cc3c2=O)cc1. The van der Waals surface area contributed by atoms with E-state index in [4.69, 9.17) is 10.5 Å². The topological polar surface area (TPSA) is 108 Å². The summed E-state index contributed by atoms with van der Waals surface area (Å²) in [5.41, 5.74) is 6.04. The minimum atomic E-state index is -0.522. The Morgan fingerprint density at radius 3 is 2.59 bits per heavy atom. The molecule has 1 heterocycles. The van der Waals surface area contributed by atoms with E-state index in [1.54, 1.807) is 49.6 Å². The fraction of sp³-hybridized carbons (Fsp3) is 0.200. The second-order valence-corrected chi connectivity index (χ2v) is 7.21. The van der Waals surface area contributed by atoms with Crippen LogP contribution in [0.1, 0.15) is 6.42 Å². The lowest BCUT2D eigenvalue weighted by atomic mass is 10.2. The van der Waals surface area contributed by atoms with Crippen LogP contribution in [-0.2, 0) is 16.1 Å². The van der Waals surface area contributed by atoms with Gasteiger partial charge in [0, 0.05) is 23.1 Å². The molecule has 0 aliphatic heterocycles. The van der Waals surface area contributed by atoms with Gasteiger partial charge in [-0.15, -0.1) is 0 Å². The van der Waals surface area contributed by atoms with Crippen LogP contribution >= 0.6 is 15.9 Å². The van der Waals surface area contributed by atoms with E-state index in [1.165, 1.54) is 15.8 Å². The van der Waals surface area contributed by atoms with E-state index < -0.39 is 5.91 Å². The van der Waals surface area contributed by atoms with Crippen LogP contribution in [0.2, 0.25) is 0 Å². The van der Waals surface area contributed by atoms with Crippen molar-refractivity contribution in [1.82, 2.24) is 9.55 Å². The number of aromatic nitrogens is 2. The zero-order valence-electron chi connectivity index (χ0n) is 15.7. The van der Waals surface area contributed by atoms with Gasteiger partial charge in [-0.05, 0) is 42.5 Å². The number of rotatable bonds is 7. The van der Waals surface area contributed by atoms with E-state index in [2.05, 4.69) is 20.9 Å². The Morgan fingerprint density at radius 1 is 1.21 bits per heavy atom. The van der Waals surface area contributed by atoms with Gasteiger partial charge in [-0.3, -0.25) is 19.0 Å². The summed E-state index contributed by atoms with van der Waals surface area (Å²) in [5, 5.41) is 0.405. The monoisotopic (exact) mass is 458 g/mol. The number of carbonyl (C=O) groups excluding carboxylic acids is 2. The van der Waals surface area contributed by atoms with Crippen molar-refractivity contribution in [2.75, 3.05) is 18.6 Å². The van der Waals surface area contributed by atoms with Crippen molar-refractivity contribution in [2.24, 2.45) is 5.73 Å². The van der Waals surface area contributed by atoms with Crippen molar-refractivity contribution in [1.29, 1.82) is 0 Å². The lowest BCUT2D eigenvalue weighted by molar-refractivity contribution is -0.119. The Bertz CT molecular complexity index is 1110. The molecule has 0 aliphatic rings. The predicted molar refractivity (Wildman–Crippen MR) is 113 cm³/mol. The van der Waals surface area contributed by atoms with Crippen molar-refractivity contribution >= 4 is 44.3 Å². The van der Waals surface area contributed by atoms with E-state index in [1.807, 2.05) is 0 Å². The molecule has 0 saturated heterocycles. The minimum absolute atomic E-state index is 0.00438. The average molecular weight is 459 g/mol. The number of primary amides is 1. The van der Waals surface area contributed by atoms with Crippen LogP contribution in [-0.4, -0.2) is 35.0 Å². The number of nitrogens with two attached hydrogens (primary N) is 1. The number of benzene rings is 2. The summed E-state index contributed by atoms with van der Waals surface area (Å²) in [5.74, 6) is -0.253. The lowest BCUT2D eigenvalue weighted by Crippen LogP contribution is -2.38. The Kier molecular flexibility index (Phi) is 6.28. The first-order valence-electron chi connectivity index (χ1n) is 8.76. The molecule has 0 fully saturated rings. The van der Waals surface area contributed by atoms with Crippen LogP contribution in [0, 0.1) is 0 Å². The molecule has 3 aromatic rings. The number of ether oxygens (including phenoxy) is 1. The average Bonchev–Trinajstić information content (AvgIpc) is 2.71. The molecule has 0 radical (unpaired) electrons. The first-order chi connectivity index (χ1) is 13.9. The van der Waals surface area contributed by atoms with E-state index >= 15 is 0 Å². The highest BCUT2D eigenvalue weighted by molar-refractivity contribution is 9.10. The highest BCUT2D eigenvalue weighted by atomic mass is 79.9. The van der Waals surface area contributed by atoms with Gasteiger partial charge in [-0.2, -0.15) is 0 Å². The number of nitrogens with zero attached hydrogens (tertiary/aromatic N) is 3. The van der Waals surface area contributed by atoms with Crippen molar-refractivity contribution in [3.63, 3.8) is 0 Å². The second-order valence-electron chi connectivity index (χ2n) is 6.30. The van der Waals surface area contributed by atoms with E-state index in [0.717, 1.165) is 4.47 Å². The number of halogens is 1. The van der Waals surface area contributed by atoms with Gasteiger partial charge in [-0.25, -0.2) is 4.98 Å². The fourth-order valence-electron chi connectivity index (χ4n) is 2.86. The van der Waals surface area contributed by atoms with E-state index in [9.17, 15) is 14.4 Å². The third-order valence-corrected chi connectivity index (χ3v) is 4.85. The summed E-state index contributed by atoms with van der Waals surface area (Å²) in [4.78, 5) is 42.7. The van der Waals surface area contributed by atoms with Gasteiger partial charge >= 0.3 is 0 Å². The highest BCUT2D eigenvalue weighted by Gasteiger charge is 2.18. The van der Waals surface area contributed by atoms with Crippen LogP contribution < -0.4 is 20.9 Å². The standard InChI is InChI=1S/C20H19BrN4O4/c1-29-15-5-3-14(4-6-15)25(9-8-18(22)26)19(27)11-24-12-23-17-7-2-13(21)10-16(17)20(24)28/h2-7,10,12H,8-9,11H2,1H3,(H2,22,26). The molecule has 0 saturated carbocycles. The third kappa shape index (κ3) is 4.80. The summed E-state index contributed by atoms with van der Waals surface area (Å²) >= 11 is 3.34. The molecule has 0 aliphatic carbocycles. The Morgan fingerprint density at radius 2 is 1.93 bits per heavy atom. The Balaban J connectivity index is 1.91. The van der Waals surface area contributed by atoms with Gasteiger partial charge in [-0.1, -0.05) is 15.9 Å². The summed E-state index contributed by atoms with van der Waals surface area (Å²) in [7, 11) is 1.54. The van der Waals surface area contributed by atoms with Crippen molar-refractivity contribution in [2.45, 2.75) is 13.0 Å². The molecule has 29 heavy (non-hydrogen) atoms. The van der Waals surface area contributed by atoms with E-state index in [0.29, 0.717) is 22.3 Å². The molecule has 3 rings (SSSR count). The number of fused-ring (bicyclic) bond motifs is 1. The van der Waals surface area contributed by atoms with Gasteiger partial charge in [0.2, 0.25) is 11.8 Å². The van der Waals surface area contributed by atoms with Gasteiger partial charge in [0.15, 0.2) is 0 Å². The molecule has 8 nitrogen and oxygen atoms in total. The molecular formula is C20H19BrN4O4. The van der Waals surface area contributed by atoms with Crippen LogP contribution in [0.5, 0.6) is 5.75 Å². The molecule has 0 bridgehead atoms. The fourth-order valence-corrected chi connectivity index (χ4v) is 3.22. The molecule has 150 valence electrons. The summed E-state index contributed by atoms with van der Waals surface area (Å²) in [6.07, 6.45) is 1.34. The molecule has 2 N–H and O–H groups in total. The normalized spacial score (nSPS) is 10.7. The highest BCUT2D eigenvalue weighted by Crippen LogP contribution is 2.20. The lowest BCUT2D eigenvalue weighted by Gasteiger charge is -2.23. The Hall–Kier alpha value is -3.20. The predicted octanol–water partition coefficient (Wildman–Crippen LogP) is 2.08. The van der Waals surface area contributed by atoms with E-state index in [-0.39, 0.29) is 31.0 Å². The van der Waals surface area contributed by atoms with Gasteiger partial charge in [0.1, 0.15) is 12.3 Å². The zero-order chi connectivity index (χ0) is 21.0. The first-order valence-corrected chi connectivity index (χ1v) is 9.56. The molecule has 9 heteroatoms. The number of anilines is 1. The van der Waals surface area contributed by atoms with Crippen molar-refractivity contribution in [3.05, 3.63) is 63.6 Å². The molecule has 0 atom stereocenters. The van der Waals surface area contributed by atoms with Crippen LogP contribution in [0.3, 0.4) is 0 Å². The number of hydrogen-bond donors (Lipinski definition) is 1. The molecule has 0 unspecified atom stereocenters. The summed E-state index contributed by atoms with van der Waals surface area (Å²) in [6, 6.07) is 12.0. The number of methoxy groups -OCH3 is 1. The van der Waals surface area contributed by atoms with Crippen LogP contribution in [0.4, 0.5) is 5.69 Å². The summed E-state index contributed by atoms with van der Waals surface area (Å²) in [6.45, 7) is -0.124. The first kappa shape index (κ1) is 20.5. The molecule has 2 amide bonds. The summed E-state index contributed by atoms with van der Waals surface area (Å²) < 4.78 is 7.13. The maximum absolute atomic E-state index is 13.0. The van der Waals surface area contributed by atoms with Crippen molar-refractivity contribution < 1.29 is 14.3 Å². The van der Waals surface area contributed by atoms with Gasteiger partial charge in [0.05, 0.1) is 24.3 Å². The second kappa shape index (κ2) is 8.87. The zero-order valence-corrected chi connectivity index (χ0v) is 17.3. The molecule has 2 aromatic carbocycles. The van der Waals surface area contributed by atoms with Crippen molar-refractivity contribution in [3.8, 4) is 5.75 Å². The number of amides is 2. The van der Waals surface area contributed by atoms with Crippen LogP contribution in [0.15, 0.2) is 58.1 Å². The number of carbonyl (C=O) groups is 2. The number of hydrogen-bond acceptors (Lipinski definition) is 5. The quantitative estimate of drug-likeness (QED) is 0.582. The van der Waals surface area contributed by atoms with Gasteiger partial charge < -0.3 is 15.4 Å². The third-order valence-electron chi connectivity index (χ3n) is 4.36. The molecular weight excluding hydrogens is 440 g/mol. The van der Waals surface area contributed by atoms with Crippen LogP contribution in [0.25, 0.3) is 10.9 Å². The smallest absolute Gasteiger partial charge is 0.261 e. The van der Waals surface area contributed by atoms with Gasteiger partial charge in [0.25, 0.3) is 5.56 Å². The maximum atomic E-state index is 13.0. The largest absolute Gasteiger partial charge is 0.497 e. The molecule has 1 aromatic heterocycles. The molecule has 0 spiro atoms. The Labute approximate surface area is 175 Å². The minimum Gasteiger partial charge on any atom is -0.497 e.